The second-order valence-electron chi connectivity index (χ2n) is 8.38. The highest BCUT2D eigenvalue weighted by Crippen LogP contribution is 2.21. The number of alkyl halides is 1. The molecule has 0 aromatic heterocycles. The zero-order chi connectivity index (χ0) is 19.5. The van der Waals surface area contributed by atoms with Crippen molar-refractivity contribution < 1.29 is 16.9 Å². The van der Waals surface area contributed by atoms with E-state index in [1.165, 1.54) is 116 Å². The monoisotopic (exact) mass is 511 g/mol. The van der Waals surface area contributed by atoms with Gasteiger partial charge in [0.1, 0.15) is 0 Å². The topological polar surface area (TPSA) is 0 Å². The van der Waals surface area contributed by atoms with Crippen LogP contribution in [0.4, 0.5) is 0 Å². The van der Waals surface area contributed by atoms with Crippen molar-refractivity contribution in [2.75, 3.05) is 20.1 Å². The fraction of sp³-hybridized carbons (Fsp3) is 0.917. The molecule has 0 aliphatic rings. The first-order valence-corrected chi connectivity index (χ1v) is 12.8. The van der Waals surface area contributed by atoms with Gasteiger partial charge in [-0.15, -0.1) is 6.42 Å². The van der Waals surface area contributed by atoms with Gasteiger partial charge >= 0.3 is 0 Å². The summed E-state index contributed by atoms with van der Waals surface area (Å²) in [4.78, 5) is 0. The van der Waals surface area contributed by atoms with Crippen LogP contribution in [0.1, 0.15) is 117 Å². The van der Waals surface area contributed by atoms with Gasteiger partial charge in [0.2, 0.25) is 0 Å². The molecule has 0 aromatic rings. The average molecular weight is 512 g/mol. The van der Waals surface area contributed by atoms with Crippen LogP contribution in [0.5, 0.6) is 0 Å². The summed E-state index contributed by atoms with van der Waals surface area (Å²) in [6.45, 7) is 7.08. The Labute approximate surface area is 192 Å². The molecule has 0 rings (SSSR count). The van der Waals surface area contributed by atoms with E-state index in [-0.39, 0.29) is 12.4 Å². The lowest BCUT2D eigenvalue weighted by Crippen LogP contribution is -3.00. The summed E-state index contributed by atoms with van der Waals surface area (Å²) < 4.78 is 1.39. The Balaban J connectivity index is 0. The van der Waals surface area contributed by atoms with E-state index >= 15 is 0 Å². The summed E-state index contributed by atoms with van der Waals surface area (Å²) in [7, 11) is 2.39. The summed E-state index contributed by atoms with van der Waals surface area (Å²) in [5.41, 5.74) is 0. The maximum absolute atomic E-state index is 5.78. The number of unbranched alkanes of at least 4 members (excludes halogenated alkanes) is 14. The minimum atomic E-state index is 0. The lowest BCUT2D eigenvalue weighted by atomic mass is 10.1. The molecule has 3 heteroatoms. The van der Waals surface area contributed by atoms with Crippen molar-refractivity contribution in [3.63, 3.8) is 0 Å². The molecule has 0 heterocycles. The second-order valence-corrected chi connectivity index (χ2v) is 9.56. The van der Waals surface area contributed by atoms with Gasteiger partial charge in [0.05, 0.1) is 20.1 Å². The Morgan fingerprint density at radius 3 is 1.26 bits per heavy atom. The molecule has 0 aliphatic heterocycles. The Morgan fingerprint density at radius 1 is 0.667 bits per heavy atom. The normalized spacial score (nSPS) is 12.4. The highest BCUT2D eigenvalue weighted by atomic mass is 127. The molecule has 0 radical (unpaired) electrons. The first-order valence-electron chi connectivity index (χ1n) is 11.5. The van der Waals surface area contributed by atoms with Gasteiger partial charge in [-0.1, -0.05) is 90.9 Å². The molecule has 0 N–H and O–H groups in total. The number of terminal acetylenes is 1. The molecule has 0 saturated carbocycles. The van der Waals surface area contributed by atoms with Gasteiger partial charge in [-0.25, -0.2) is 0 Å². The third-order valence-electron chi connectivity index (χ3n) is 5.73. The number of nitrogens with zero attached hydrogens (tertiary/aromatic N) is 1. The number of hydrogen-bond acceptors (Lipinski definition) is 0. The van der Waals surface area contributed by atoms with Crippen molar-refractivity contribution in [1.29, 1.82) is 0 Å². The van der Waals surface area contributed by atoms with Crippen LogP contribution in [-0.2, 0) is 0 Å². The Hall–Kier alpha value is 0.540. The fourth-order valence-corrected chi connectivity index (χ4v) is 4.29. The van der Waals surface area contributed by atoms with Crippen LogP contribution in [0.15, 0.2) is 0 Å². The third kappa shape index (κ3) is 17.1. The molecule has 27 heavy (non-hydrogen) atoms. The first-order chi connectivity index (χ1) is 12.6. The van der Waals surface area contributed by atoms with Crippen molar-refractivity contribution in [1.82, 2.24) is 0 Å². The quantitative estimate of drug-likeness (QED) is 0.0564. The smallest absolute Gasteiger partial charge is 0.200 e. The van der Waals surface area contributed by atoms with Gasteiger partial charge in [0.25, 0.3) is 0 Å². The molecule has 0 aliphatic carbocycles. The minimum Gasteiger partial charge on any atom is -1.00 e. The zero-order valence-electron chi connectivity index (χ0n) is 18.6. The molecule has 0 fully saturated rings. The number of rotatable bonds is 19. The van der Waals surface area contributed by atoms with Crippen LogP contribution in [0.2, 0.25) is 0 Å². The zero-order valence-corrected chi connectivity index (χ0v) is 21.5. The second kappa shape index (κ2) is 21.3. The summed E-state index contributed by atoms with van der Waals surface area (Å²) in [6.07, 6.45) is 28.1. The average Bonchev–Trinajstić information content (AvgIpc) is 2.65. The van der Waals surface area contributed by atoms with Crippen LogP contribution in [0, 0.1) is 12.3 Å². The van der Waals surface area contributed by atoms with Gasteiger partial charge in [0.15, 0.2) is 4.05 Å². The van der Waals surface area contributed by atoms with Crippen molar-refractivity contribution in [2.24, 2.45) is 0 Å². The van der Waals surface area contributed by atoms with E-state index in [4.69, 9.17) is 6.42 Å². The van der Waals surface area contributed by atoms with Crippen molar-refractivity contribution >= 4 is 22.6 Å². The molecule has 0 saturated heterocycles. The molecule has 0 bridgehead atoms. The number of halogens is 2. The standard InChI is InChI=1S/C24H47IN.ClH/c1-5-8-10-12-14-16-18-20-22-26(4,24(25)7-3)23-21-19-17-15-13-11-9-6-2;/h3,24H,5-6,8-23H2,1-2,4H3;1H/q+1;/p-1. The minimum absolute atomic E-state index is 0. The summed E-state index contributed by atoms with van der Waals surface area (Å²) in [5, 5.41) is 0. The Kier molecular flexibility index (Phi) is 23.4. The van der Waals surface area contributed by atoms with Gasteiger partial charge < -0.3 is 16.9 Å². The first kappa shape index (κ1) is 29.7. The third-order valence-corrected chi connectivity index (χ3v) is 7.43. The van der Waals surface area contributed by atoms with Crippen LogP contribution in [0.25, 0.3) is 0 Å². The molecule has 1 unspecified atom stereocenters. The molecule has 1 nitrogen and oxygen atoms in total. The number of hydrogen-bond donors (Lipinski definition) is 0. The predicted octanol–water partition coefficient (Wildman–Crippen LogP) is 5.11. The van der Waals surface area contributed by atoms with Crippen molar-refractivity contribution in [3.05, 3.63) is 0 Å². The van der Waals surface area contributed by atoms with Crippen LogP contribution in [0.3, 0.4) is 0 Å². The van der Waals surface area contributed by atoms with E-state index in [2.05, 4.69) is 49.4 Å². The molecule has 0 spiro atoms. The maximum Gasteiger partial charge on any atom is 0.200 e. The van der Waals surface area contributed by atoms with Crippen LogP contribution < -0.4 is 12.4 Å². The molecular weight excluding hydrogens is 465 g/mol. The van der Waals surface area contributed by atoms with E-state index in [0.717, 1.165) is 4.48 Å². The van der Waals surface area contributed by atoms with Gasteiger partial charge in [-0.3, -0.25) is 0 Å². The molecule has 162 valence electrons. The fourth-order valence-electron chi connectivity index (χ4n) is 3.73. The van der Waals surface area contributed by atoms with Crippen molar-refractivity contribution in [3.8, 4) is 12.3 Å². The van der Waals surface area contributed by atoms with Crippen LogP contribution in [-0.4, -0.2) is 28.7 Å². The largest absolute Gasteiger partial charge is 1.00 e. The lowest BCUT2D eigenvalue weighted by molar-refractivity contribution is -0.908. The molecule has 0 aromatic carbocycles. The predicted molar refractivity (Wildman–Crippen MR) is 128 cm³/mol. The lowest BCUT2D eigenvalue weighted by Gasteiger charge is -2.37. The molecule has 0 amide bonds. The Morgan fingerprint density at radius 2 is 0.963 bits per heavy atom. The summed E-state index contributed by atoms with van der Waals surface area (Å²) >= 11 is 2.49. The van der Waals surface area contributed by atoms with Gasteiger partial charge in [-0.05, 0) is 31.6 Å². The summed E-state index contributed by atoms with van der Waals surface area (Å²) in [6, 6.07) is 0. The van der Waals surface area contributed by atoms with E-state index < -0.39 is 0 Å². The van der Waals surface area contributed by atoms with Gasteiger partial charge in [0, 0.05) is 22.6 Å². The van der Waals surface area contributed by atoms with Gasteiger partial charge in [-0.2, -0.15) is 0 Å². The van der Waals surface area contributed by atoms with E-state index in [9.17, 15) is 0 Å². The maximum atomic E-state index is 5.78. The van der Waals surface area contributed by atoms with E-state index in [1.54, 1.807) is 0 Å². The molecule has 1 atom stereocenters. The van der Waals surface area contributed by atoms with E-state index in [0.29, 0.717) is 4.05 Å². The highest BCUT2D eigenvalue weighted by Gasteiger charge is 2.27. The highest BCUT2D eigenvalue weighted by molar-refractivity contribution is 14.1. The number of quaternary nitrogens is 1. The van der Waals surface area contributed by atoms with E-state index in [1.807, 2.05) is 0 Å². The summed E-state index contributed by atoms with van der Waals surface area (Å²) in [5.74, 6) is 3.01. The van der Waals surface area contributed by atoms with Crippen LogP contribution >= 0.6 is 22.6 Å². The van der Waals surface area contributed by atoms with Crippen molar-refractivity contribution in [2.45, 2.75) is 121 Å². The Bertz CT molecular complexity index is 320. The molecular formula is C24H47ClIN. The SMILES string of the molecule is C#CC(I)[N+](C)(CCCCCCCCCC)CCCCCCCCCC.[Cl-].